The second-order valence-electron chi connectivity index (χ2n) is 4.65. The first-order valence-corrected chi connectivity index (χ1v) is 6.31. The summed E-state index contributed by atoms with van der Waals surface area (Å²) in [6, 6.07) is 4.37. The molecule has 19 heavy (non-hydrogen) atoms. The minimum absolute atomic E-state index is 0.222. The van der Waals surface area contributed by atoms with Crippen molar-refractivity contribution in [3.63, 3.8) is 0 Å². The molecule has 4 N–H and O–H groups in total. The zero-order valence-electron chi connectivity index (χ0n) is 10.7. The van der Waals surface area contributed by atoms with Crippen LogP contribution in [0.4, 0.5) is 11.6 Å². The minimum atomic E-state index is 0.222. The molecule has 1 aliphatic rings. The minimum Gasteiger partial charge on any atom is -0.383 e. The van der Waals surface area contributed by atoms with Crippen molar-refractivity contribution in [1.82, 2.24) is 9.78 Å². The van der Waals surface area contributed by atoms with Crippen LogP contribution in [0.5, 0.6) is 0 Å². The lowest BCUT2D eigenvalue weighted by Crippen LogP contribution is -2.40. The number of nitrogen functional groups attached to an aromatic ring is 1. The van der Waals surface area contributed by atoms with Gasteiger partial charge in [0.15, 0.2) is 5.82 Å². The number of aryl methyl sites for hydroxylation is 1. The van der Waals surface area contributed by atoms with Crippen molar-refractivity contribution in [1.29, 1.82) is 10.5 Å². The normalized spacial score (nSPS) is 16.1. The van der Waals surface area contributed by atoms with Crippen molar-refractivity contribution in [2.45, 2.75) is 31.8 Å². The zero-order chi connectivity index (χ0) is 13.8. The zero-order valence-corrected chi connectivity index (χ0v) is 10.7. The van der Waals surface area contributed by atoms with Gasteiger partial charge in [-0.2, -0.15) is 15.6 Å². The van der Waals surface area contributed by atoms with Crippen LogP contribution < -0.4 is 16.4 Å². The molecular formula is C12H17N7. The maximum absolute atomic E-state index is 9.22. The third kappa shape index (κ3) is 2.61. The van der Waals surface area contributed by atoms with Crippen molar-refractivity contribution < 1.29 is 0 Å². The Kier molecular flexibility index (Phi) is 3.88. The van der Waals surface area contributed by atoms with Crippen LogP contribution >= 0.6 is 0 Å². The van der Waals surface area contributed by atoms with E-state index in [4.69, 9.17) is 16.7 Å². The van der Waals surface area contributed by atoms with Gasteiger partial charge in [-0.05, 0) is 12.8 Å². The van der Waals surface area contributed by atoms with Gasteiger partial charge in [0.2, 0.25) is 0 Å². The highest BCUT2D eigenvalue weighted by Gasteiger charge is 2.24. The first kappa shape index (κ1) is 13.2. The van der Waals surface area contributed by atoms with Crippen LogP contribution in [0.1, 0.15) is 24.8 Å². The quantitative estimate of drug-likeness (QED) is 0.798. The molecule has 1 aromatic rings. The second-order valence-corrected chi connectivity index (χ2v) is 4.65. The molecule has 0 unspecified atom stereocenters. The number of nitrogens with two attached hydrogens (primary N) is 2. The van der Waals surface area contributed by atoms with Crippen LogP contribution in [0.15, 0.2) is 0 Å². The summed E-state index contributed by atoms with van der Waals surface area (Å²) < 4.78 is 1.53. The van der Waals surface area contributed by atoms with Gasteiger partial charge in [0.25, 0.3) is 0 Å². The maximum atomic E-state index is 9.22. The van der Waals surface area contributed by atoms with Crippen LogP contribution in [0, 0.1) is 22.7 Å². The highest BCUT2D eigenvalue weighted by Crippen LogP contribution is 2.26. The Bertz CT molecular complexity index is 525. The fourth-order valence-corrected chi connectivity index (χ4v) is 2.23. The summed E-state index contributed by atoms with van der Waals surface area (Å²) in [7, 11) is 0. The molecule has 1 aliphatic heterocycles. The van der Waals surface area contributed by atoms with E-state index >= 15 is 0 Å². The number of aromatic nitrogens is 2. The molecule has 0 saturated carbocycles. The average molecular weight is 259 g/mol. The predicted molar refractivity (Wildman–Crippen MR) is 71.0 cm³/mol. The van der Waals surface area contributed by atoms with Gasteiger partial charge < -0.3 is 16.4 Å². The SMILES string of the molecule is N#CCCn1nc(N2CCC(N)CC2)c(C#N)c1N. The Morgan fingerprint density at radius 3 is 2.58 bits per heavy atom. The van der Waals surface area contributed by atoms with Crippen molar-refractivity contribution in [3.8, 4) is 12.1 Å². The number of hydrogen-bond donors (Lipinski definition) is 2. The van der Waals surface area contributed by atoms with E-state index in [1.807, 2.05) is 11.0 Å². The van der Waals surface area contributed by atoms with Gasteiger partial charge in [-0.3, -0.25) is 0 Å². The van der Waals surface area contributed by atoms with Gasteiger partial charge in [-0.1, -0.05) is 0 Å². The first-order chi connectivity index (χ1) is 9.17. The Labute approximate surface area is 112 Å². The fraction of sp³-hybridized carbons (Fsp3) is 0.583. The summed E-state index contributed by atoms with van der Waals surface area (Å²) in [6.45, 7) is 1.97. The van der Waals surface area contributed by atoms with Crippen LogP contribution in [0.2, 0.25) is 0 Å². The molecule has 0 aromatic carbocycles. The molecule has 0 atom stereocenters. The molecule has 7 nitrogen and oxygen atoms in total. The molecular weight excluding hydrogens is 242 g/mol. The van der Waals surface area contributed by atoms with E-state index in [9.17, 15) is 5.26 Å². The van der Waals surface area contributed by atoms with E-state index in [-0.39, 0.29) is 6.04 Å². The molecule has 1 aromatic heterocycles. The number of hydrogen-bond acceptors (Lipinski definition) is 6. The first-order valence-electron chi connectivity index (χ1n) is 6.31. The average Bonchev–Trinajstić information content (AvgIpc) is 2.73. The highest BCUT2D eigenvalue weighted by molar-refractivity contribution is 5.65. The van der Waals surface area contributed by atoms with Crippen molar-refractivity contribution in [3.05, 3.63) is 5.56 Å². The molecule has 7 heteroatoms. The summed E-state index contributed by atoms with van der Waals surface area (Å²) in [6.07, 6.45) is 2.09. The number of rotatable bonds is 3. The molecule has 2 rings (SSSR count). The topological polar surface area (TPSA) is 121 Å². The summed E-state index contributed by atoms with van der Waals surface area (Å²) >= 11 is 0. The molecule has 0 bridgehead atoms. The smallest absolute Gasteiger partial charge is 0.170 e. The number of piperidine rings is 1. The summed E-state index contributed by atoms with van der Waals surface area (Å²) in [4.78, 5) is 2.04. The lowest BCUT2D eigenvalue weighted by molar-refractivity contribution is 0.495. The summed E-state index contributed by atoms with van der Waals surface area (Å²) in [5.74, 6) is 0.951. The van der Waals surface area contributed by atoms with Gasteiger partial charge in [0.1, 0.15) is 17.5 Å². The van der Waals surface area contributed by atoms with Crippen molar-refractivity contribution in [2.24, 2.45) is 5.73 Å². The number of nitrogens with zero attached hydrogens (tertiary/aromatic N) is 5. The van der Waals surface area contributed by atoms with Gasteiger partial charge in [-0.25, -0.2) is 4.68 Å². The van der Waals surface area contributed by atoms with E-state index in [0.29, 0.717) is 30.2 Å². The van der Waals surface area contributed by atoms with Crippen molar-refractivity contribution >= 4 is 11.6 Å². The van der Waals surface area contributed by atoms with Gasteiger partial charge in [0.05, 0.1) is 19.0 Å². The molecule has 0 radical (unpaired) electrons. The predicted octanol–water partition coefficient (Wildman–Crippen LogP) is 0.178. The molecule has 2 heterocycles. The summed E-state index contributed by atoms with van der Waals surface area (Å²) in [5.41, 5.74) is 12.2. The Morgan fingerprint density at radius 2 is 2.00 bits per heavy atom. The molecule has 0 amide bonds. The monoisotopic (exact) mass is 259 g/mol. The van der Waals surface area contributed by atoms with E-state index in [0.717, 1.165) is 25.9 Å². The van der Waals surface area contributed by atoms with Gasteiger partial charge in [-0.15, -0.1) is 0 Å². The third-order valence-electron chi connectivity index (χ3n) is 3.36. The Morgan fingerprint density at radius 1 is 1.32 bits per heavy atom. The van der Waals surface area contributed by atoms with E-state index < -0.39 is 0 Å². The summed E-state index contributed by atoms with van der Waals surface area (Å²) in [5, 5.41) is 22.2. The van der Waals surface area contributed by atoms with Crippen LogP contribution in [-0.4, -0.2) is 28.9 Å². The lowest BCUT2D eigenvalue weighted by atomic mass is 10.1. The fourth-order valence-electron chi connectivity index (χ4n) is 2.23. The van der Waals surface area contributed by atoms with E-state index in [1.165, 1.54) is 4.68 Å². The molecule has 0 spiro atoms. The second kappa shape index (κ2) is 5.59. The molecule has 1 fully saturated rings. The van der Waals surface area contributed by atoms with E-state index in [1.54, 1.807) is 0 Å². The largest absolute Gasteiger partial charge is 0.383 e. The van der Waals surface area contributed by atoms with E-state index in [2.05, 4.69) is 11.2 Å². The Balaban J connectivity index is 2.25. The number of anilines is 2. The van der Waals surface area contributed by atoms with Crippen molar-refractivity contribution in [2.75, 3.05) is 23.7 Å². The van der Waals surface area contributed by atoms with Crippen LogP contribution in [0.25, 0.3) is 0 Å². The lowest BCUT2D eigenvalue weighted by Gasteiger charge is -2.30. The maximum Gasteiger partial charge on any atom is 0.170 e. The molecule has 0 aliphatic carbocycles. The van der Waals surface area contributed by atoms with Crippen LogP contribution in [-0.2, 0) is 6.54 Å². The van der Waals surface area contributed by atoms with Crippen LogP contribution in [0.3, 0.4) is 0 Å². The van der Waals surface area contributed by atoms with Gasteiger partial charge in [0, 0.05) is 19.1 Å². The standard InChI is InChI=1S/C12H17N7/c13-4-1-5-19-11(16)10(8-14)12(17-19)18-6-2-9(15)3-7-18/h9H,1-3,5-7,15-16H2. The Hall–Kier alpha value is -2.25. The molecule has 100 valence electrons. The molecule has 1 saturated heterocycles. The number of nitriles is 2. The van der Waals surface area contributed by atoms with Gasteiger partial charge >= 0.3 is 0 Å². The third-order valence-corrected chi connectivity index (χ3v) is 3.36. The highest BCUT2D eigenvalue weighted by atomic mass is 15.4.